The summed E-state index contributed by atoms with van der Waals surface area (Å²) >= 11 is 0. The Kier molecular flexibility index (Phi) is 2.97. The van der Waals surface area contributed by atoms with E-state index < -0.39 is 9.84 Å². The van der Waals surface area contributed by atoms with E-state index >= 15 is 0 Å². The molecule has 0 saturated heterocycles. The normalized spacial score (nSPS) is 11.8. The minimum Gasteiger partial charge on any atom is -0.229 e. The standard InChI is InChI=1S/C13H14O2S/c1-16(14,15)9-8-11-6-7-12-4-2-3-5-13(12)10-11/h2-7,10H,8-9H2,1H3. The lowest BCUT2D eigenvalue weighted by atomic mass is 10.1. The highest BCUT2D eigenvalue weighted by atomic mass is 32.2. The number of aryl methyl sites for hydroxylation is 1. The zero-order valence-corrected chi connectivity index (χ0v) is 10.00. The third-order valence-electron chi connectivity index (χ3n) is 2.58. The molecule has 0 aliphatic carbocycles. The zero-order valence-electron chi connectivity index (χ0n) is 9.18. The fourth-order valence-corrected chi connectivity index (χ4v) is 2.30. The fraction of sp³-hybridized carbons (Fsp3) is 0.231. The van der Waals surface area contributed by atoms with Gasteiger partial charge in [0.15, 0.2) is 0 Å². The van der Waals surface area contributed by atoms with Crippen LogP contribution >= 0.6 is 0 Å². The number of fused-ring (bicyclic) bond motifs is 1. The number of hydrogen-bond acceptors (Lipinski definition) is 2. The molecular weight excluding hydrogens is 220 g/mol. The first kappa shape index (κ1) is 11.1. The highest BCUT2D eigenvalue weighted by Crippen LogP contribution is 2.16. The fourth-order valence-electron chi connectivity index (χ4n) is 1.70. The molecule has 0 fully saturated rings. The minimum absolute atomic E-state index is 0.214. The molecule has 2 nitrogen and oxygen atoms in total. The van der Waals surface area contributed by atoms with Gasteiger partial charge in [0.1, 0.15) is 9.84 Å². The Labute approximate surface area is 95.8 Å². The van der Waals surface area contributed by atoms with E-state index in [9.17, 15) is 8.42 Å². The number of hydrogen-bond donors (Lipinski definition) is 0. The Balaban J connectivity index is 2.26. The van der Waals surface area contributed by atoms with Gasteiger partial charge >= 0.3 is 0 Å². The lowest BCUT2D eigenvalue weighted by Gasteiger charge is -2.02. The number of sulfone groups is 1. The van der Waals surface area contributed by atoms with Crippen molar-refractivity contribution < 1.29 is 8.42 Å². The van der Waals surface area contributed by atoms with Gasteiger partial charge in [0.25, 0.3) is 0 Å². The van der Waals surface area contributed by atoms with E-state index in [0.717, 1.165) is 10.9 Å². The maximum absolute atomic E-state index is 11.1. The molecule has 0 aliphatic rings. The van der Waals surface area contributed by atoms with Gasteiger partial charge in [-0.3, -0.25) is 0 Å². The molecule has 84 valence electrons. The molecule has 0 heterocycles. The van der Waals surface area contributed by atoms with E-state index in [2.05, 4.69) is 12.1 Å². The summed E-state index contributed by atoms with van der Waals surface area (Å²) in [5.41, 5.74) is 1.07. The van der Waals surface area contributed by atoms with Crippen molar-refractivity contribution in [3.63, 3.8) is 0 Å². The van der Waals surface area contributed by atoms with Gasteiger partial charge in [-0.1, -0.05) is 42.5 Å². The van der Waals surface area contributed by atoms with Crippen molar-refractivity contribution in [2.24, 2.45) is 0 Å². The van der Waals surface area contributed by atoms with Gasteiger partial charge in [0.2, 0.25) is 0 Å². The lowest BCUT2D eigenvalue weighted by molar-refractivity contribution is 0.601. The molecule has 0 spiro atoms. The summed E-state index contributed by atoms with van der Waals surface area (Å²) in [5.74, 6) is 0.214. The van der Waals surface area contributed by atoms with Gasteiger partial charge < -0.3 is 0 Å². The first-order valence-corrected chi connectivity index (χ1v) is 7.26. The summed E-state index contributed by atoms with van der Waals surface area (Å²) in [6.07, 6.45) is 1.86. The molecule has 0 unspecified atom stereocenters. The summed E-state index contributed by atoms with van der Waals surface area (Å²) in [7, 11) is -2.88. The van der Waals surface area contributed by atoms with Gasteiger partial charge in [-0.05, 0) is 22.8 Å². The Morgan fingerprint density at radius 3 is 2.38 bits per heavy atom. The molecule has 0 aliphatic heterocycles. The molecule has 0 bridgehead atoms. The molecule has 0 amide bonds. The summed E-state index contributed by atoms with van der Waals surface area (Å²) < 4.78 is 22.1. The zero-order chi connectivity index (χ0) is 11.6. The molecule has 2 aromatic carbocycles. The Hall–Kier alpha value is -1.35. The Morgan fingerprint density at radius 1 is 1.00 bits per heavy atom. The van der Waals surface area contributed by atoms with Crippen molar-refractivity contribution in [2.75, 3.05) is 12.0 Å². The average Bonchev–Trinajstić information content (AvgIpc) is 2.25. The van der Waals surface area contributed by atoms with E-state index in [1.54, 1.807) is 0 Å². The molecule has 0 N–H and O–H groups in total. The largest absolute Gasteiger partial charge is 0.229 e. The molecule has 16 heavy (non-hydrogen) atoms. The van der Waals surface area contributed by atoms with Crippen molar-refractivity contribution in [2.45, 2.75) is 6.42 Å². The topological polar surface area (TPSA) is 34.1 Å². The maximum Gasteiger partial charge on any atom is 0.147 e. The number of rotatable bonds is 3. The highest BCUT2D eigenvalue weighted by molar-refractivity contribution is 7.90. The van der Waals surface area contributed by atoms with Crippen molar-refractivity contribution >= 4 is 20.6 Å². The van der Waals surface area contributed by atoms with Crippen LogP contribution in [0.15, 0.2) is 42.5 Å². The van der Waals surface area contributed by atoms with Gasteiger partial charge in [-0.25, -0.2) is 8.42 Å². The summed E-state index contributed by atoms with van der Waals surface area (Å²) in [6, 6.07) is 14.2. The molecule has 2 aromatic rings. The van der Waals surface area contributed by atoms with Crippen LogP contribution in [0.1, 0.15) is 5.56 Å². The average molecular weight is 234 g/mol. The molecule has 0 saturated carbocycles. The van der Waals surface area contributed by atoms with Crippen LogP contribution in [0, 0.1) is 0 Å². The van der Waals surface area contributed by atoms with Gasteiger partial charge in [-0.2, -0.15) is 0 Å². The van der Waals surface area contributed by atoms with Crippen LogP contribution in [-0.2, 0) is 16.3 Å². The number of benzene rings is 2. The molecule has 0 atom stereocenters. The predicted molar refractivity (Wildman–Crippen MR) is 67.4 cm³/mol. The van der Waals surface area contributed by atoms with Crippen LogP contribution in [-0.4, -0.2) is 20.4 Å². The molecule has 3 heteroatoms. The van der Waals surface area contributed by atoms with Crippen LogP contribution in [0.4, 0.5) is 0 Å². The van der Waals surface area contributed by atoms with Crippen LogP contribution < -0.4 is 0 Å². The quantitative estimate of drug-likeness (QED) is 0.817. The minimum atomic E-state index is -2.88. The Morgan fingerprint density at radius 2 is 1.69 bits per heavy atom. The molecular formula is C13H14O2S. The second-order valence-electron chi connectivity index (χ2n) is 4.06. The second kappa shape index (κ2) is 4.26. The SMILES string of the molecule is CS(=O)(=O)CCc1ccc2ccccc2c1. The van der Waals surface area contributed by atoms with Crippen LogP contribution in [0.5, 0.6) is 0 Å². The Bertz CT molecular complexity index is 600. The van der Waals surface area contributed by atoms with Crippen molar-refractivity contribution in [1.29, 1.82) is 0 Å². The van der Waals surface area contributed by atoms with Crippen LogP contribution in [0.2, 0.25) is 0 Å². The smallest absolute Gasteiger partial charge is 0.147 e. The lowest BCUT2D eigenvalue weighted by Crippen LogP contribution is -2.05. The third kappa shape index (κ3) is 2.83. The summed E-state index contributed by atoms with van der Waals surface area (Å²) in [6.45, 7) is 0. The monoisotopic (exact) mass is 234 g/mol. The van der Waals surface area contributed by atoms with E-state index in [1.165, 1.54) is 11.6 Å². The van der Waals surface area contributed by atoms with Gasteiger partial charge in [-0.15, -0.1) is 0 Å². The first-order chi connectivity index (χ1) is 7.54. The summed E-state index contributed by atoms with van der Waals surface area (Å²) in [5, 5.41) is 2.35. The van der Waals surface area contributed by atoms with Crippen molar-refractivity contribution in [3.05, 3.63) is 48.0 Å². The van der Waals surface area contributed by atoms with Gasteiger partial charge in [0, 0.05) is 6.26 Å². The van der Waals surface area contributed by atoms with Gasteiger partial charge in [0.05, 0.1) is 5.75 Å². The van der Waals surface area contributed by atoms with Crippen molar-refractivity contribution in [3.8, 4) is 0 Å². The van der Waals surface area contributed by atoms with Crippen LogP contribution in [0.25, 0.3) is 10.8 Å². The molecule has 0 radical (unpaired) electrons. The molecule has 2 rings (SSSR count). The van der Waals surface area contributed by atoms with Crippen molar-refractivity contribution in [1.82, 2.24) is 0 Å². The predicted octanol–water partition coefficient (Wildman–Crippen LogP) is 2.43. The van der Waals surface area contributed by atoms with E-state index in [-0.39, 0.29) is 5.75 Å². The maximum atomic E-state index is 11.1. The van der Waals surface area contributed by atoms with Crippen LogP contribution in [0.3, 0.4) is 0 Å². The first-order valence-electron chi connectivity index (χ1n) is 5.20. The van der Waals surface area contributed by atoms with E-state index in [4.69, 9.17) is 0 Å². The molecule has 0 aromatic heterocycles. The highest BCUT2D eigenvalue weighted by Gasteiger charge is 2.03. The second-order valence-corrected chi connectivity index (χ2v) is 6.32. The summed E-state index contributed by atoms with van der Waals surface area (Å²) in [4.78, 5) is 0. The van der Waals surface area contributed by atoms with E-state index in [1.807, 2.05) is 30.3 Å². The third-order valence-corrected chi connectivity index (χ3v) is 3.52. The van der Waals surface area contributed by atoms with E-state index in [0.29, 0.717) is 6.42 Å².